The Morgan fingerprint density at radius 3 is 2.80 bits per heavy atom. The number of hydrogen-bond acceptors (Lipinski definition) is 2. The topological polar surface area (TPSA) is 27.1 Å². The van der Waals surface area contributed by atoms with E-state index in [1.54, 1.807) is 0 Å². The fourth-order valence-corrected chi connectivity index (χ4v) is 2.41. The summed E-state index contributed by atoms with van der Waals surface area (Å²) in [5.74, 6) is 0.733. The number of alkyl halides is 3. The van der Waals surface area contributed by atoms with Gasteiger partial charge in [-0.15, -0.1) is 11.6 Å². The molecule has 0 spiro atoms. The van der Waals surface area contributed by atoms with Crippen molar-refractivity contribution in [3.8, 4) is 0 Å². The average Bonchev–Trinajstić information content (AvgIpc) is 2.75. The lowest BCUT2D eigenvalue weighted by molar-refractivity contribution is 0.0148. The van der Waals surface area contributed by atoms with Crippen molar-refractivity contribution in [2.75, 3.05) is 13.2 Å². The molecule has 110 valence electrons. The minimum absolute atomic E-state index is 0.209. The van der Waals surface area contributed by atoms with Crippen molar-refractivity contribution in [1.82, 2.24) is 9.55 Å². The van der Waals surface area contributed by atoms with Crippen LogP contribution < -0.4 is 0 Å². The van der Waals surface area contributed by atoms with Crippen LogP contribution in [0.1, 0.15) is 23.7 Å². The molecule has 1 heterocycles. The lowest BCUT2D eigenvalue weighted by Crippen LogP contribution is -2.13. The first-order valence-electron chi connectivity index (χ1n) is 6.46. The van der Waals surface area contributed by atoms with Crippen molar-refractivity contribution in [3.05, 3.63) is 29.6 Å². The Kier molecular flexibility index (Phi) is 4.94. The van der Waals surface area contributed by atoms with Gasteiger partial charge in [0.05, 0.1) is 23.0 Å². The maximum atomic E-state index is 12.1. The molecule has 2 rings (SSSR count). The molecule has 1 aromatic heterocycles. The highest BCUT2D eigenvalue weighted by Gasteiger charge is 2.16. The first kappa shape index (κ1) is 15.2. The summed E-state index contributed by atoms with van der Waals surface area (Å²) in [5, 5.41) is -0.253. The standard InChI is InChI=1S/C14H17ClF2N2O/c1-9-4-3-5-11-13(9)19(14(18-11)10(2)15)6-7-20-8-12(16)17/h3-5,10,12H,6-8H2,1-2H3. The fraction of sp³-hybridized carbons (Fsp3) is 0.500. The fourth-order valence-electron chi connectivity index (χ4n) is 2.24. The van der Waals surface area contributed by atoms with Gasteiger partial charge in [0.1, 0.15) is 12.4 Å². The Hall–Kier alpha value is -1.20. The zero-order valence-electron chi connectivity index (χ0n) is 11.4. The minimum atomic E-state index is -2.44. The molecule has 0 saturated carbocycles. The van der Waals surface area contributed by atoms with Crippen LogP contribution in [0.25, 0.3) is 11.0 Å². The molecular weight excluding hydrogens is 286 g/mol. The number of rotatable bonds is 6. The van der Waals surface area contributed by atoms with E-state index in [2.05, 4.69) is 4.98 Å². The number of aryl methyl sites for hydroxylation is 1. The number of fused-ring (bicyclic) bond motifs is 1. The number of halogens is 3. The minimum Gasteiger partial charge on any atom is -0.374 e. The predicted molar refractivity (Wildman–Crippen MR) is 75.6 cm³/mol. The van der Waals surface area contributed by atoms with Crippen LogP contribution in [-0.2, 0) is 11.3 Å². The van der Waals surface area contributed by atoms with Crippen LogP contribution in [0.4, 0.5) is 8.78 Å². The molecule has 0 bridgehead atoms. The maximum absolute atomic E-state index is 12.1. The highest BCUT2D eigenvalue weighted by Crippen LogP contribution is 2.26. The molecule has 0 N–H and O–H groups in total. The van der Waals surface area contributed by atoms with Crippen LogP contribution in [-0.4, -0.2) is 29.2 Å². The highest BCUT2D eigenvalue weighted by atomic mass is 35.5. The third-order valence-electron chi connectivity index (χ3n) is 3.06. The van der Waals surface area contributed by atoms with Crippen molar-refractivity contribution in [2.45, 2.75) is 32.2 Å². The quantitative estimate of drug-likeness (QED) is 0.597. The summed E-state index contributed by atoms with van der Waals surface area (Å²) in [5.41, 5.74) is 2.92. The molecule has 3 nitrogen and oxygen atoms in total. The Morgan fingerprint density at radius 1 is 1.40 bits per heavy atom. The number of aromatic nitrogens is 2. The Morgan fingerprint density at radius 2 is 2.15 bits per heavy atom. The zero-order valence-corrected chi connectivity index (χ0v) is 12.2. The molecule has 0 amide bonds. The van der Waals surface area contributed by atoms with E-state index < -0.39 is 13.0 Å². The summed E-state index contributed by atoms with van der Waals surface area (Å²) in [7, 11) is 0. The second-order valence-electron chi connectivity index (χ2n) is 4.65. The van der Waals surface area contributed by atoms with Crippen molar-refractivity contribution in [2.24, 2.45) is 0 Å². The summed E-state index contributed by atoms with van der Waals surface area (Å²) < 4.78 is 31.0. The molecule has 0 aliphatic heterocycles. The number of imidazole rings is 1. The van der Waals surface area contributed by atoms with Crippen LogP contribution in [0.2, 0.25) is 0 Å². The monoisotopic (exact) mass is 302 g/mol. The van der Waals surface area contributed by atoms with Crippen molar-refractivity contribution >= 4 is 22.6 Å². The molecule has 2 aromatic rings. The van der Waals surface area contributed by atoms with Crippen LogP contribution in [0, 0.1) is 6.92 Å². The Labute approximate surface area is 121 Å². The summed E-state index contributed by atoms with van der Waals surface area (Å²) in [6.07, 6.45) is -2.44. The van der Waals surface area contributed by atoms with E-state index in [4.69, 9.17) is 16.3 Å². The summed E-state index contributed by atoms with van der Waals surface area (Å²) in [6, 6.07) is 5.84. The molecule has 1 aromatic carbocycles. The van der Waals surface area contributed by atoms with Crippen LogP contribution >= 0.6 is 11.6 Å². The van der Waals surface area contributed by atoms with Crippen molar-refractivity contribution in [1.29, 1.82) is 0 Å². The second-order valence-corrected chi connectivity index (χ2v) is 5.30. The molecule has 0 saturated heterocycles. The van der Waals surface area contributed by atoms with Gasteiger partial charge in [-0.05, 0) is 25.5 Å². The molecule has 1 atom stereocenters. The van der Waals surface area contributed by atoms with E-state index in [-0.39, 0.29) is 12.0 Å². The van der Waals surface area contributed by atoms with Gasteiger partial charge in [0, 0.05) is 6.54 Å². The number of ether oxygens (including phenoxy) is 1. The number of hydrogen-bond donors (Lipinski definition) is 0. The van der Waals surface area contributed by atoms with E-state index in [1.807, 2.05) is 36.6 Å². The van der Waals surface area contributed by atoms with Crippen LogP contribution in [0.3, 0.4) is 0 Å². The Bertz CT molecular complexity index is 584. The molecular formula is C14H17ClF2N2O. The van der Waals surface area contributed by atoms with Gasteiger partial charge in [0.15, 0.2) is 0 Å². The van der Waals surface area contributed by atoms with E-state index in [0.717, 1.165) is 22.4 Å². The normalized spacial score (nSPS) is 13.3. The number of benzene rings is 1. The molecule has 6 heteroatoms. The Balaban J connectivity index is 2.27. The molecule has 0 fully saturated rings. The van der Waals surface area contributed by atoms with Gasteiger partial charge in [-0.25, -0.2) is 13.8 Å². The molecule has 0 aliphatic rings. The summed E-state index contributed by atoms with van der Waals surface area (Å²) in [6.45, 7) is 3.95. The van der Waals surface area contributed by atoms with E-state index in [0.29, 0.717) is 6.54 Å². The van der Waals surface area contributed by atoms with E-state index in [9.17, 15) is 8.78 Å². The van der Waals surface area contributed by atoms with Gasteiger partial charge in [-0.3, -0.25) is 0 Å². The average molecular weight is 303 g/mol. The maximum Gasteiger partial charge on any atom is 0.261 e. The highest BCUT2D eigenvalue weighted by molar-refractivity contribution is 6.20. The number of para-hydroxylation sites is 1. The van der Waals surface area contributed by atoms with Gasteiger partial charge in [0.2, 0.25) is 0 Å². The van der Waals surface area contributed by atoms with Gasteiger partial charge < -0.3 is 9.30 Å². The molecule has 1 unspecified atom stereocenters. The zero-order chi connectivity index (χ0) is 14.7. The predicted octanol–water partition coefficient (Wildman–Crippen LogP) is 3.93. The van der Waals surface area contributed by atoms with Gasteiger partial charge in [0.25, 0.3) is 6.43 Å². The van der Waals surface area contributed by atoms with Crippen molar-refractivity contribution in [3.63, 3.8) is 0 Å². The SMILES string of the molecule is Cc1cccc2nc(C(C)Cl)n(CCOCC(F)F)c12. The summed E-state index contributed by atoms with van der Waals surface area (Å²) in [4.78, 5) is 4.51. The van der Waals surface area contributed by atoms with E-state index in [1.165, 1.54) is 0 Å². The summed E-state index contributed by atoms with van der Waals surface area (Å²) >= 11 is 6.15. The lowest BCUT2D eigenvalue weighted by atomic mass is 10.2. The van der Waals surface area contributed by atoms with Gasteiger partial charge in [-0.2, -0.15) is 0 Å². The van der Waals surface area contributed by atoms with Crippen LogP contribution in [0.15, 0.2) is 18.2 Å². The van der Waals surface area contributed by atoms with E-state index >= 15 is 0 Å². The second kappa shape index (κ2) is 6.50. The smallest absolute Gasteiger partial charge is 0.261 e. The first-order chi connectivity index (χ1) is 9.50. The third kappa shape index (κ3) is 3.27. The van der Waals surface area contributed by atoms with Gasteiger partial charge >= 0.3 is 0 Å². The molecule has 20 heavy (non-hydrogen) atoms. The molecule has 0 aliphatic carbocycles. The van der Waals surface area contributed by atoms with Crippen LogP contribution in [0.5, 0.6) is 0 Å². The third-order valence-corrected chi connectivity index (χ3v) is 3.25. The number of nitrogens with zero attached hydrogens (tertiary/aromatic N) is 2. The largest absolute Gasteiger partial charge is 0.374 e. The van der Waals surface area contributed by atoms with Gasteiger partial charge in [-0.1, -0.05) is 12.1 Å². The molecule has 0 radical (unpaired) electrons. The van der Waals surface area contributed by atoms with Crippen molar-refractivity contribution < 1.29 is 13.5 Å². The lowest BCUT2D eigenvalue weighted by Gasteiger charge is -2.12. The first-order valence-corrected chi connectivity index (χ1v) is 6.90.